The fourth-order valence-corrected chi connectivity index (χ4v) is 5.60. The van der Waals surface area contributed by atoms with Gasteiger partial charge >= 0.3 is 0 Å². The van der Waals surface area contributed by atoms with Gasteiger partial charge in [-0.15, -0.1) is 0 Å². The molecule has 3 aromatic rings. The van der Waals surface area contributed by atoms with Crippen molar-refractivity contribution in [3.63, 3.8) is 0 Å². The van der Waals surface area contributed by atoms with Crippen LogP contribution in [0.1, 0.15) is 36.8 Å². The molecule has 26 heavy (non-hydrogen) atoms. The molecule has 0 amide bonds. The van der Waals surface area contributed by atoms with E-state index in [0.717, 1.165) is 41.6 Å². The second kappa shape index (κ2) is 6.60. The van der Waals surface area contributed by atoms with Crippen molar-refractivity contribution in [2.24, 2.45) is 0 Å². The monoisotopic (exact) mass is 385 g/mol. The van der Waals surface area contributed by atoms with Gasteiger partial charge in [0.1, 0.15) is 0 Å². The van der Waals surface area contributed by atoms with Gasteiger partial charge in [0.2, 0.25) is 0 Å². The molecule has 4 rings (SSSR count). The Kier molecular flexibility index (Phi) is 4.41. The number of benzene rings is 2. The van der Waals surface area contributed by atoms with Crippen LogP contribution in [0.5, 0.6) is 0 Å². The minimum absolute atomic E-state index is 0.212. The Balaban J connectivity index is 1.97. The summed E-state index contributed by atoms with van der Waals surface area (Å²) in [6.45, 7) is 2.16. The van der Waals surface area contributed by atoms with Crippen molar-refractivity contribution in [3.05, 3.63) is 76.9 Å². The first-order chi connectivity index (χ1) is 12.5. The van der Waals surface area contributed by atoms with Crippen molar-refractivity contribution in [2.75, 3.05) is 0 Å². The van der Waals surface area contributed by atoms with E-state index in [9.17, 15) is 8.42 Å². The number of hydrogen-bond donors (Lipinski definition) is 0. The topological polar surface area (TPSA) is 39.1 Å². The van der Waals surface area contributed by atoms with Crippen LogP contribution in [0.25, 0.3) is 11.3 Å². The maximum Gasteiger partial charge on any atom is 0.268 e. The fraction of sp³-hybridized carbons (Fsp3) is 0.238. The number of hydrogen-bond acceptors (Lipinski definition) is 2. The lowest BCUT2D eigenvalue weighted by molar-refractivity contribution is 0.586. The Bertz CT molecular complexity index is 1050. The van der Waals surface area contributed by atoms with Crippen LogP contribution in [-0.4, -0.2) is 12.4 Å². The molecule has 2 aromatic carbocycles. The maximum atomic E-state index is 13.4. The van der Waals surface area contributed by atoms with Gasteiger partial charge in [0.15, 0.2) is 0 Å². The molecule has 134 valence electrons. The second-order valence-electron chi connectivity index (χ2n) is 6.68. The molecule has 1 heterocycles. The Morgan fingerprint density at radius 1 is 1.12 bits per heavy atom. The number of nitrogens with zero attached hydrogens (tertiary/aromatic N) is 1. The molecule has 1 atom stereocenters. The van der Waals surface area contributed by atoms with Crippen LogP contribution in [0.15, 0.2) is 65.7 Å². The first kappa shape index (κ1) is 17.4. The molecule has 0 saturated carbocycles. The molecule has 1 aliphatic carbocycles. The van der Waals surface area contributed by atoms with E-state index in [-0.39, 0.29) is 4.90 Å². The Labute approximate surface area is 159 Å². The minimum atomic E-state index is -3.72. The summed E-state index contributed by atoms with van der Waals surface area (Å²) in [4.78, 5) is 0.212. The molecule has 0 aliphatic heterocycles. The zero-order valence-electron chi connectivity index (χ0n) is 14.5. The number of rotatable bonds is 4. The SMILES string of the molecule is CCC1CCc2c1cn(S(=O)(=O)c1cccc(Cl)c1)c2-c1ccccc1. The summed E-state index contributed by atoms with van der Waals surface area (Å²) in [6.07, 6.45) is 4.84. The molecule has 0 N–H and O–H groups in total. The molecule has 0 bridgehead atoms. The lowest BCUT2D eigenvalue weighted by Crippen LogP contribution is -2.14. The van der Waals surface area contributed by atoms with Crippen LogP contribution in [0, 0.1) is 0 Å². The second-order valence-corrected chi connectivity index (χ2v) is 8.93. The standard InChI is InChI=1S/C21H20ClNO2S/c1-2-15-11-12-19-20(15)14-23(21(19)16-7-4-3-5-8-16)26(24,25)18-10-6-9-17(22)13-18/h3-10,13-15H,2,11-12H2,1H3. The summed E-state index contributed by atoms with van der Waals surface area (Å²) in [5, 5.41) is 0.415. The zero-order valence-corrected chi connectivity index (χ0v) is 16.1. The molecular formula is C21H20ClNO2S. The van der Waals surface area contributed by atoms with Gasteiger partial charge in [0.25, 0.3) is 10.0 Å². The van der Waals surface area contributed by atoms with Gasteiger partial charge in [-0.3, -0.25) is 0 Å². The number of fused-ring (bicyclic) bond motifs is 1. The molecule has 1 unspecified atom stereocenters. The van der Waals surface area contributed by atoms with Crippen molar-refractivity contribution in [1.29, 1.82) is 0 Å². The van der Waals surface area contributed by atoms with E-state index in [1.807, 2.05) is 36.5 Å². The quantitative estimate of drug-likeness (QED) is 0.596. The van der Waals surface area contributed by atoms with E-state index in [1.54, 1.807) is 18.2 Å². The molecule has 1 aliphatic rings. The maximum absolute atomic E-state index is 13.4. The van der Waals surface area contributed by atoms with E-state index in [1.165, 1.54) is 10.0 Å². The molecule has 0 fully saturated rings. The van der Waals surface area contributed by atoms with Gasteiger partial charge in [0, 0.05) is 11.2 Å². The van der Waals surface area contributed by atoms with Crippen LogP contribution in [0.4, 0.5) is 0 Å². The van der Waals surface area contributed by atoms with Gasteiger partial charge in [-0.1, -0.05) is 54.9 Å². The first-order valence-corrected chi connectivity index (χ1v) is 10.6. The predicted octanol–water partition coefficient (Wildman–Crippen LogP) is 5.49. The van der Waals surface area contributed by atoms with Crippen molar-refractivity contribution < 1.29 is 8.42 Å². The Hall–Kier alpha value is -2.04. The van der Waals surface area contributed by atoms with E-state index in [4.69, 9.17) is 11.6 Å². The van der Waals surface area contributed by atoms with Gasteiger partial charge in [0.05, 0.1) is 10.6 Å². The van der Waals surface area contributed by atoms with Crippen LogP contribution in [0.2, 0.25) is 5.02 Å². The van der Waals surface area contributed by atoms with Crippen LogP contribution >= 0.6 is 11.6 Å². The highest BCUT2D eigenvalue weighted by atomic mass is 35.5. The highest BCUT2D eigenvalue weighted by Gasteiger charge is 2.32. The van der Waals surface area contributed by atoms with Gasteiger partial charge in [-0.2, -0.15) is 0 Å². The van der Waals surface area contributed by atoms with Gasteiger partial charge in [-0.25, -0.2) is 12.4 Å². The van der Waals surface area contributed by atoms with Crippen molar-refractivity contribution in [2.45, 2.75) is 37.0 Å². The number of halogens is 1. The average molecular weight is 386 g/mol. The smallest absolute Gasteiger partial charge is 0.241 e. The molecule has 0 radical (unpaired) electrons. The van der Waals surface area contributed by atoms with Crippen LogP contribution in [-0.2, 0) is 16.4 Å². The van der Waals surface area contributed by atoms with E-state index >= 15 is 0 Å². The van der Waals surface area contributed by atoms with Crippen molar-refractivity contribution in [1.82, 2.24) is 3.97 Å². The Morgan fingerprint density at radius 3 is 2.58 bits per heavy atom. The predicted molar refractivity (Wildman–Crippen MR) is 105 cm³/mol. The lowest BCUT2D eigenvalue weighted by Gasteiger charge is -2.13. The summed E-state index contributed by atoms with van der Waals surface area (Å²) in [5.74, 6) is 0.420. The van der Waals surface area contributed by atoms with E-state index in [2.05, 4.69) is 6.92 Å². The largest absolute Gasteiger partial charge is 0.268 e. The molecule has 3 nitrogen and oxygen atoms in total. The van der Waals surface area contributed by atoms with Crippen LogP contribution in [0.3, 0.4) is 0 Å². The summed E-state index contributed by atoms with van der Waals surface area (Å²) in [7, 11) is -3.72. The molecule has 1 aromatic heterocycles. The van der Waals surface area contributed by atoms with Gasteiger partial charge < -0.3 is 0 Å². The van der Waals surface area contributed by atoms with Gasteiger partial charge in [-0.05, 0) is 60.1 Å². The molecular weight excluding hydrogens is 366 g/mol. The zero-order chi connectivity index (χ0) is 18.3. The number of aromatic nitrogens is 1. The van der Waals surface area contributed by atoms with Crippen molar-refractivity contribution in [3.8, 4) is 11.3 Å². The Morgan fingerprint density at radius 2 is 1.88 bits per heavy atom. The third-order valence-electron chi connectivity index (χ3n) is 5.19. The van der Waals surface area contributed by atoms with E-state index < -0.39 is 10.0 Å². The first-order valence-electron chi connectivity index (χ1n) is 8.83. The fourth-order valence-electron chi connectivity index (χ4n) is 3.88. The average Bonchev–Trinajstić information content (AvgIpc) is 3.21. The molecule has 0 saturated heterocycles. The summed E-state index contributed by atoms with van der Waals surface area (Å²) in [5.41, 5.74) is 4.04. The normalized spacial score (nSPS) is 16.6. The van der Waals surface area contributed by atoms with Crippen molar-refractivity contribution >= 4 is 21.6 Å². The molecule has 0 spiro atoms. The van der Waals surface area contributed by atoms with E-state index in [0.29, 0.717) is 10.9 Å². The molecule has 5 heteroatoms. The third kappa shape index (κ3) is 2.78. The minimum Gasteiger partial charge on any atom is -0.241 e. The highest BCUT2D eigenvalue weighted by Crippen LogP contribution is 2.43. The summed E-state index contributed by atoms with van der Waals surface area (Å²) < 4.78 is 28.2. The third-order valence-corrected chi connectivity index (χ3v) is 7.08. The van der Waals surface area contributed by atoms with Crippen LogP contribution < -0.4 is 0 Å². The summed E-state index contributed by atoms with van der Waals surface area (Å²) >= 11 is 6.04. The highest BCUT2D eigenvalue weighted by molar-refractivity contribution is 7.90. The summed E-state index contributed by atoms with van der Waals surface area (Å²) in [6, 6.07) is 16.2. The lowest BCUT2D eigenvalue weighted by atomic mass is 10.0.